The van der Waals surface area contributed by atoms with Gasteiger partial charge < -0.3 is 14.9 Å². The van der Waals surface area contributed by atoms with Crippen molar-refractivity contribution in [2.75, 3.05) is 32.7 Å². The quantitative estimate of drug-likeness (QED) is 0.561. The molecule has 2 aromatic rings. The molecule has 1 aliphatic carbocycles. The Morgan fingerprint density at radius 1 is 0.886 bits per heavy atom. The third-order valence-corrected chi connectivity index (χ3v) is 9.23. The van der Waals surface area contributed by atoms with Crippen molar-refractivity contribution >= 4 is 35.1 Å². The molecule has 0 radical (unpaired) electrons. The predicted molar refractivity (Wildman–Crippen MR) is 138 cm³/mol. The Hall–Kier alpha value is -2.08. The van der Waals surface area contributed by atoms with Crippen molar-refractivity contribution in [3.05, 3.63) is 69.7 Å². The first kappa shape index (κ1) is 24.6. The summed E-state index contributed by atoms with van der Waals surface area (Å²) in [4.78, 5) is 30.6. The number of piperidine rings is 2. The first-order chi connectivity index (χ1) is 16.9. The molecule has 1 amide bonds. The number of hydrogen-bond donors (Lipinski definition) is 1. The highest BCUT2D eigenvalue weighted by Crippen LogP contribution is 2.56. The van der Waals surface area contributed by atoms with Gasteiger partial charge in [-0.2, -0.15) is 0 Å². The third kappa shape index (κ3) is 4.47. The number of hydrogen-bond acceptors (Lipinski definition) is 3. The summed E-state index contributed by atoms with van der Waals surface area (Å²) in [5.41, 5.74) is 0.426. The summed E-state index contributed by atoms with van der Waals surface area (Å²) in [5.74, 6) is -0.527. The van der Waals surface area contributed by atoms with Gasteiger partial charge in [0.15, 0.2) is 0 Å². The molecule has 3 aliphatic rings. The van der Waals surface area contributed by atoms with E-state index in [2.05, 4.69) is 21.9 Å². The molecule has 186 valence electrons. The van der Waals surface area contributed by atoms with E-state index in [1.54, 1.807) is 18.2 Å². The topological polar surface area (TPSA) is 60.9 Å². The number of carbonyl (C=O) groups is 2. The summed E-state index contributed by atoms with van der Waals surface area (Å²) in [5, 5.41) is 10.9. The van der Waals surface area contributed by atoms with E-state index >= 15 is 0 Å². The Morgan fingerprint density at radius 2 is 1.57 bits per heavy atom. The van der Waals surface area contributed by atoms with E-state index < -0.39 is 16.8 Å². The Balaban J connectivity index is 1.31. The van der Waals surface area contributed by atoms with Gasteiger partial charge in [-0.3, -0.25) is 9.59 Å². The molecule has 5 nitrogen and oxygen atoms in total. The Morgan fingerprint density at radius 3 is 2.20 bits per heavy atom. The average molecular weight is 515 g/mol. The number of carbonyl (C=O) groups excluding carboxylic acids is 1. The molecule has 1 saturated carbocycles. The summed E-state index contributed by atoms with van der Waals surface area (Å²) in [6.07, 6.45) is 5.46. The van der Waals surface area contributed by atoms with Crippen LogP contribution in [0.4, 0.5) is 0 Å². The van der Waals surface area contributed by atoms with E-state index in [9.17, 15) is 14.7 Å². The molecule has 35 heavy (non-hydrogen) atoms. The normalized spacial score (nSPS) is 26.3. The van der Waals surface area contributed by atoms with Crippen LogP contribution in [-0.4, -0.2) is 59.5 Å². The molecule has 5 rings (SSSR count). The molecular weight excluding hydrogens is 483 g/mol. The van der Waals surface area contributed by atoms with Crippen molar-refractivity contribution in [3.63, 3.8) is 0 Å². The number of amides is 1. The molecule has 7 heteroatoms. The molecule has 2 aromatic carbocycles. The van der Waals surface area contributed by atoms with Crippen molar-refractivity contribution < 1.29 is 14.7 Å². The monoisotopic (exact) mass is 514 g/mol. The lowest BCUT2D eigenvalue weighted by atomic mass is 9.71. The van der Waals surface area contributed by atoms with Gasteiger partial charge in [0.2, 0.25) is 5.91 Å². The zero-order valence-electron chi connectivity index (χ0n) is 19.9. The van der Waals surface area contributed by atoms with Crippen molar-refractivity contribution in [1.29, 1.82) is 0 Å². The van der Waals surface area contributed by atoms with Gasteiger partial charge in [0.25, 0.3) is 0 Å². The van der Waals surface area contributed by atoms with Crippen LogP contribution in [0, 0.1) is 5.92 Å². The lowest BCUT2D eigenvalue weighted by Crippen LogP contribution is -2.54. The van der Waals surface area contributed by atoms with Gasteiger partial charge in [-0.1, -0.05) is 59.6 Å². The number of benzene rings is 2. The van der Waals surface area contributed by atoms with E-state index in [-0.39, 0.29) is 11.8 Å². The largest absolute Gasteiger partial charge is 0.481 e. The van der Waals surface area contributed by atoms with Gasteiger partial charge >= 0.3 is 5.97 Å². The number of nitrogens with zero attached hydrogens (tertiary/aromatic N) is 2. The van der Waals surface area contributed by atoms with Crippen LogP contribution in [0.1, 0.15) is 49.7 Å². The molecule has 2 heterocycles. The molecule has 0 bridgehead atoms. The van der Waals surface area contributed by atoms with Crippen LogP contribution in [0.15, 0.2) is 48.5 Å². The van der Waals surface area contributed by atoms with Crippen LogP contribution >= 0.6 is 23.2 Å². The van der Waals surface area contributed by atoms with Gasteiger partial charge in [0, 0.05) is 19.6 Å². The molecule has 2 aliphatic heterocycles. The van der Waals surface area contributed by atoms with E-state index in [1.165, 1.54) is 6.42 Å². The fraction of sp³-hybridized carbons (Fsp3) is 0.500. The minimum atomic E-state index is -0.911. The number of halogens is 2. The van der Waals surface area contributed by atoms with Crippen LogP contribution < -0.4 is 0 Å². The van der Waals surface area contributed by atoms with Gasteiger partial charge in [0.05, 0.1) is 20.9 Å². The average Bonchev–Trinajstić information content (AvgIpc) is 3.62. The van der Waals surface area contributed by atoms with Crippen LogP contribution in [-0.2, 0) is 20.4 Å². The predicted octanol–water partition coefficient (Wildman–Crippen LogP) is 5.38. The second-order valence-corrected chi connectivity index (χ2v) is 11.2. The molecule has 0 aromatic heterocycles. The minimum absolute atomic E-state index is 0.0132. The molecule has 2 saturated heterocycles. The molecular formula is C28H32Cl2N2O3. The fourth-order valence-corrected chi connectivity index (χ4v) is 6.57. The third-order valence-electron chi connectivity index (χ3n) is 8.49. The van der Waals surface area contributed by atoms with Crippen molar-refractivity contribution in [2.45, 2.75) is 49.4 Å². The van der Waals surface area contributed by atoms with Gasteiger partial charge in [-0.25, -0.2) is 0 Å². The van der Waals surface area contributed by atoms with Crippen molar-refractivity contribution in [2.24, 2.45) is 5.92 Å². The Bertz CT molecular complexity index is 1090. The summed E-state index contributed by atoms with van der Waals surface area (Å²) in [6, 6.07) is 15.4. The van der Waals surface area contributed by atoms with Gasteiger partial charge in [0.1, 0.15) is 0 Å². The number of carboxylic acids is 1. The molecule has 2 unspecified atom stereocenters. The second-order valence-electron chi connectivity index (χ2n) is 10.4. The lowest BCUT2D eigenvalue weighted by Gasteiger charge is -2.44. The maximum atomic E-state index is 13.9. The van der Waals surface area contributed by atoms with Crippen LogP contribution in [0.3, 0.4) is 0 Å². The lowest BCUT2D eigenvalue weighted by molar-refractivity contribution is -0.140. The van der Waals surface area contributed by atoms with Crippen molar-refractivity contribution in [3.8, 4) is 0 Å². The van der Waals surface area contributed by atoms with Crippen LogP contribution in [0.25, 0.3) is 0 Å². The highest BCUT2D eigenvalue weighted by atomic mass is 35.5. The zero-order chi connectivity index (χ0) is 24.6. The van der Waals surface area contributed by atoms with E-state index in [4.69, 9.17) is 23.2 Å². The molecule has 1 N–H and O–H groups in total. The molecule has 3 fully saturated rings. The van der Waals surface area contributed by atoms with Crippen LogP contribution in [0.2, 0.25) is 10.0 Å². The highest BCUT2D eigenvalue weighted by Gasteiger charge is 2.62. The van der Waals surface area contributed by atoms with Crippen molar-refractivity contribution in [1.82, 2.24) is 9.80 Å². The summed E-state index contributed by atoms with van der Waals surface area (Å²) < 4.78 is 0. The smallest absolute Gasteiger partial charge is 0.314 e. The first-order valence-electron chi connectivity index (χ1n) is 12.6. The maximum absolute atomic E-state index is 13.9. The summed E-state index contributed by atoms with van der Waals surface area (Å²) in [7, 11) is 0. The van der Waals surface area contributed by atoms with E-state index in [1.807, 2.05) is 18.2 Å². The first-order valence-corrected chi connectivity index (χ1v) is 13.4. The number of likely N-dealkylation sites (tertiary alicyclic amines) is 2. The summed E-state index contributed by atoms with van der Waals surface area (Å²) >= 11 is 12.3. The Labute approximate surface area is 217 Å². The summed E-state index contributed by atoms with van der Waals surface area (Å²) in [6.45, 7) is 3.97. The van der Waals surface area contributed by atoms with E-state index in [0.717, 1.165) is 63.0 Å². The molecule has 2 atom stereocenters. The number of carboxylic acid groups (broad SMARTS) is 1. The number of aliphatic carboxylic acids is 1. The van der Waals surface area contributed by atoms with Crippen LogP contribution in [0.5, 0.6) is 0 Å². The zero-order valence-corrected chi connectivity index (χ0v) is 21.4. The van der Waals surface area contributed by atoms with E-state index in [0.29, 0.717) is 23.0 Å². The maximum Gasteiger partial charge on any atom is 0.314 e. The fourth-order valence-electron chi connectivity index (χ4n) is 6.27. The van der Waals surface area contributed by atoms with Gasteiger partial charge in [-0.05, 0) is 80.8 Å². The van der Waals surface area contributed by atoms with Gasteiger partial charge in [-0.15, -0.1) is 0 Å². The molecule has 0 spiro atoms. The highest BCUT2D eigenvalue weighted by molar-refractivity contribution is 6.42. The minimum Gasteiger partial charge on any atom is -0.481 e. The Kier molecular flexibility index (Phi) is 6.86. The standard InChI is InChI=1S/C28H32Cl2N2O3/c29-23-10-9-21(17-24(23)30)28(26(34)35)18-22(28)19-31-15-11-27(12-16-31,20-7-3-1-4-8-20)25(33)32-13-5-2-6-14-32/h1,3-4,7-10,17,22H,2,5-6,11-16,18-19H2,(H,34,35). The number of rotatable bonds is 6. The second kappa shape index (κ2) is 9.76. The SMILES string of the molecule is O=C(N1CCCCC1)C1(c2ccccc2)CCN(CC2CC2(C(=O)O)c2ccc(Cl)c(Cl)c2)CC1.